The molecule has 1 radical (unpaired) electrons. The smallest absolute Gasteiger partial charge is 0.130 e. The van der Waals surface area contributed by atoms with Crippen LogP contribution >= 0.6 is 0 Å². The number of hydrazone groups is 1. The molecule has 0 spiro atoms. The predicted molar refractivity (Wildman–Crippen MR) is 25.3 cm³/mol. The Bertz CT molecular complexity index is 71.5. The second kappa shape index (κ2) is 1.60. The number of nitrogens with one attached hydrogen (secondary N) is 1. The molecule has 0 saturated carbocycles. The van der Waals surface area contributed by atoms with Crippen molar-refractivity contribution in [3.8, 4) is 0 Å². The van der Waals surface area contributed by atoms with E-state index in [0.717, 1.165) is 6.54 Å². The van der Waals surface area contributed by atoms with Crippen LogP contribution in [-0.4, -0.2) is 12.8 Å². The number of hydrogen-bond donors (Lipinski definition) is 1. The van der Waals surface area contributed by atoms with Crippen LogP contribution in [0.2, 0.25) is 0 Å². The summed E-state index contributed by atoms with van der Waals surface area (Å²) in [5.41, 5.74) is 2.77. The Morgan fingerprint density at radius 3 is 2.83 bits per heavy atom. The van der Waals surface area contributed by atoms with Crippen LogP contribution in [0, 0.1) is 0 Å². The first kappa shape index (κ1) is 3.40. The average molecular weight is 82.1 g/mol. The van der Waals surface area contributed by atoms with Crippen molar-refractivity contribution in [2.75, 3.05) is 6.54 Å². The van der Waals surface area contributed by atoms with Crippen LogP contribution in [0.15, 0.2) is 12.2 Å². The largest absolute Gasteiger partial charge is 0.274 e. The Balaban J connectivity index is 2.46. The highest BCUT2D eigenvalue weighted by Crippen LogP contribution is 1.65. The third-order valence-electron chi connectivity index (χ3n) is 0.597. The van der Waals surface area contributed by atoms with Gasteiger partial charge in [-0.25, -0.2) is 0 Å². The van der Waals surface area contributed by atoms with Gasteiger partial charge in [-0.05, 0) is 0 Å². The van der Waals surface area contributed by atoms with E-state index >= 15 is 0 Å². The van der Waals surface area contributed by atoms with Gasteiger partial charge in [-0.3, -0.25) is 0 Å². The first-order valence-electron chi connectivity index (χ1n) is 1.91. The van der Waals surface area contributed by atoms with Crippen LogP contribution < -0.4 is 10.5 Å². The zero-order chi connectivity index (χ0) is 4.24. The maximum atomic E-state index is 3.72. The van der Waals surface area contributed by atoms with Gasteiger partial charge >= 0.3 is 0 Å². The first-order valence-corrected chi connectivity index (χ1v) is 1.91. The van der Waals surface area contributed by atoms with Gasteiger partial charge in [0.25, 0.3) is 6.21 Å². The maximum absolute atomic E-state index is 3.72. The minimum Gasteiger partial charge on any atom is -0.130 e. The van der Waals surface area contributed by atoms with Crippen molar-refractivity contribution in [1.29, 1.82) is 0 Å². The predicted octanol–water partition coefficient (Wildman–Crippen LogP) is -0.533. The molecule has 1 rings (SSSR count). The molecule has 31 valence electrons. The molecule has 0 aliphatic carbocycles. The number of allylic oxidation sites excluding steroid dienone is 1. The van der Waals surface area contributed by atoms with Crippen LogP contribution in [0.3, 0.4) is 0 Å². The summed E-state index contributed by atoms with van der Waals surface area (Å²) in [6.07, 6.45) is 5.65. The van der Waals surface area contributed by atoms with E-state index < -0.39 is 0 Å². The molecule has 0 bridgehead atoms. The van der Waals surface area contributed by atoms with E-state index in [1.54, 1.807) is 6.21 Å². The van der Waals surface area contributed by atoms with Gasteiger partial charge < -0.3 is 0 Å². The van der Waals surface area contributed by atoms with Gasteiger partial charge in [-0.2, -0.15) is 0 Å². The van der Waals surface area contributed by atoms with Crippen molar-refractivity contribution in [2.24, 2.45) is 0 Å². The van der Waals surface area contributed by atoms with E-state index in [0.29, 0.717) is 0 Å². The average Bonchev–Trinajstić information content (AvgIpc) is 1.72. The summed E-state index contributed by atoms with van der Waals surface area (Å²) in [6, 6.07) is 0. The molecule has 0 fully saturated rings. The summed E-state index contributed by atoms with van der Waals surface area (Å²) in [5, 5.41) is 3.72. The highest BCUT2D eigenvalue weighted by molar-refractivity contribution is 5.70. The molecule has 1 aliphatic heterocycles. The van der Waals surface area contributed by atoms with Crippen LogP contribution in [0.4, 0.5) is 0 Å². The molecule has 2 nitrogen and oxygen atoms in total. The standard InChI is InChI=1S/C4H6N2/c1-2-4-6-5-3-1/h1-3,6H,4H2/q+1. The van der Waals surface area contributed by atoms with Crippen LogP contribution in [0.1, 0.15) is 0 Å². The molecular formula is C4H6N2+. The summed E-state index contributed by atoms with van der Waals surface area (Å²) in [7, 11) is 0. The van der Waals surface area contributed by atoms with Crippen molar-refractivity contribution in [3.63, 3.8) is 0 Å². The molecule has 0 amide bonds. The molecule has 0 saturated heterocycles. The van der Waals surface area contributed by atoms with Crippen molar-refractivity contribution in [2.45, 2.75) is 0 Å². The lowest BCUT2D eigenvalue weighted by molar-refractivity contribution is 0.745. The second-order valence-corrected chi connectivity index (χ2v) is 1.07. The fraction of sp³-hybridized carbons (Fsp3) is 0.250. The minimum absolute atomic E-state index is 0.872. The SMILES string of the molecule is C1=CCN[N+]=C1. The van der Waals surface area contributed by atoms with Gasteiger partial charge in [0, 0.05) is 6.08 Å². The monoisotopic (exact) mass is 82.1 g/mol. The van der Waals surface area contributed by atoms with Crippen molar-refractivity contribution < 1.29 is 0 Å². The van der Waals surface area contributed by atoms with E-state index in [2.05, 4.69) is 10.5 Å². The zero-order valence-electron chi connectivity index (χ0n) is 3.39. The van der Waals surface area contributed by atoms with E-state index in [1.165, 1.54) is 0 Å². The van der Waals surface area contributed by atoms with Crippen LogP contribution in [-0.2, 0) is 0 Å². The Kier molecular flexibility index (Phi) is 0.906. The molecule has 2 heteroatoms. The molecule has 0 aromatic rings. The van der Waals surface area contributed by atoms with Gasteiger partial charge in [0.15, 0.2) is 5.10 Å². The summed E-state index contributed by atoms with van der Waals surface area (Å²) in [5.74, 6) is 0. The van der Waals surface area contributed by atoms with Crippen molar-refractivity contribution >= 4 is 6.21 Å². The highest BCUT2D eigenvalue weighted by Gasteiger charge is 1.88. The Morgan fingerprint density at radius 2 is 2.67 bits per heavy atom. The topological polar surface area (TPSA) is 26.1 Å². The quantitative estimate of drug-likeness (QED) is 0.417. The lowest BCUT2D eigenvalue weighted by Crippen LogP contribution is -2.19. The van der Waals surface area contributed by atoms with E-state index in [1.807, 2.05) is 12.2 Å². The number of nitrogens with zero attached hydrogens (tertiary/aromatic N) is 1. The summed E-state index contributed by atoms with van der Waals surface area (Å²) in [6.45, 7) is 0.872. The van der Waals surface area contributed by atoms with Gasteiger partial charge in [-0.1, -0.05) is 6.08 Å². The molecule has 0 unspecified atom stereocenters. The minimum atomic E-state index is 0.872. The fourth-order valence-electron chi connectivity index (χ4n) is 0.330. The molecule has 1 aliphatic rings. The van der Waals surface area contributed by atoms with E-state index in [4.69, 9.17) is 0 Å². The molecule has 0 atom stereocenters. The van der Waals surface area contributed by atoms with E-state index in [-0.39, 0.29) is 0 Å². The molecule has 0 aromatic heterocycles. The lowest BCUT2D eigenvalue weighted by atomic mass is 10.5. The molecular weight excluding hydrogens is 76.1 g/mol. The Labute approximate surface area is 36.6 Å². The number of rotatable bonds is 0. The maximum Gasteiger partial charge on any atom is 0.274 e. The normalized spacial score (nSPS) is 17.3. The first-order chi connectivity index (χ1) is 3.00. The molecule has 0 aromatic carbocycles. The summed E-state index contributed by atoms with van der Waals surface area (Å²) >= 11 is 0. The van der Waals surface area contributed by atoms with Gasteiger partial charge in [-0.15, -0.1) is 5.43 Å². The van der Waals surface area contributed by atoms with E-state index in [9.17, 15) is 0 Å². The van der Waals surface area contributed by atoms with Crippen LogP contribution in [0.5, 0.6) is 0 Å². The van der Waals surface area contributed by atoms with Crippen molar-refractivity contribution in [1.82, 2.24) is 10.5 Å². The fourth-order valence-corrected chi connectivity index (χ4v) is 0.330. The zero-order valence-corrected chi connectivity index (χ0v) is 3.39. The lowest BCUT2D eigenvalue weighted by Gasteiger charge is -1.79. The third kappa shape index (κ3) is 0.578. The van der Waals surface area contributed by atoms with Crippen LogP contribution in [0.25, 0.3) is 0 Å². The molecule has 1 N–H and O–H groups in total. The van der Waals surface area contributed by atoms with Gasteiger partial charge in [0.05, 0.1) is 6.54 Å². The summed E-state index contributed by atoms with van der Waals surface area (Å²) in [4.78, 5) is 0. The Morgan fingerprint density at radius 1 is 1.67 bits per heavy atom. The number of hydrogen-bond acceptors (Lipinski definition) is 2. The Hall–Kier alpha value is -0.790. The highest BCUT2D eigenvalue weighted by atomic mass is 15.3. The van der Waals surface area contributed by atoms with Gasteiger partial charge in [0.1, 0.15) is 0 Å². The molecule has 6 heavy (non-hydrogen) atoms. The second-order valence-electron chi connectivity index (χ2n) is 1.07. The third-order valence-corrected chi connectivity index (χ3v) is 0.597. The summed E-state index contributed by atoms with van der Waals surface area (Å²) < 4.78 is 0. The van der Waals surface area contributed by atoms with Crippen molar-refractivity contribution in [3.05, 3.63) is 12.2 Å². The van der Waals surface area contributed by atoms with Gasteiger partial charge in [0.2, 0.25) is 0 Å². The molecule has 1 heterocycles.